The first-order valence-electron chi connectivity index (χ1n) is 9.43. The molecule has 0 saturated carbocycles. The molecule has 0 atom stereocenters. The molecule has 2 aromatic heterocycles. The number of fused-ring (bicyclic) bond motifs is 1. The summed E-state index contributed by atoms with van der Waals surface area (Å²) in [5, 5.41) is 5.30. The van der Waals surface area contributed by atoms with Gasteiger partial charge in [-0.25, -0.2) is 9.67 Å². The number of rotatable bonds is 4. The van der Waals surface area contributed by atoms with Crippen molar-refractivity contribution in [1.82, 2.24) is 14.8 Å². The normalized spacial score (nSPS) is 11.1. The van der Waals surface area contributed by atoms with Gasteiger partial charge in [0.25, 0.3) is 0 Å². The summed E-state index contributed by atoms with van der Waals surface area (Å²) in [4.78, 5) is 27.8. The van der Waals surface area contributed by atoms with Crippen LogP contribution in [-0.2, 0) is 4.79 Å². The van der Waals surface area contributed by atoms with E-state index in [1.807, 2.05) is 66.7 Å². The molecule has 6 nitrogen and oxygen atoms in total. The molecule has 30 heavy (non-hydrogen) atoms. The highest BCUT2D eigenvalue weighted by Gasteiger charge is 2.11. The molecule has 0 unspecified atom stereocenters. The van der Waals surface area contributed by atoms with Gasteiger partial charge in [-0.15, -0.1) is 0 Å². The predicted molar refractivity (Wildman–Crippen MR) is 116 cm³/mol. The van der Waals surface area contributed by atoms with Crippen molar-refractivity contribution in [2.24, 2.45) is 0 Å². The highest BCUT2D eigenvalue weighted by atomic mass is 16.5. The van der Waals surface area contributed by atoms with Gasteiger partial charge in [0, 0.05) is 36.6 Å². The van der Waals surface area contributed by atoms with Gasteiger partial charge in [0.2, 0.25) is 5.91 Å². The van der Waals surface area contributed by atoms with Crippen LogP contribution in [0.25, 0.3) is 34.3 Å². The number of hydrogen-bond acceptors (Lipinski definition) is 5. The molecule has 0 saturated heterocycles. The lowest BCUT2D eigenvalue weighted by molar-refractivity contribution is -0.131. The smallest absolute Gasteiger partial charge is 0.308 e. The van der Waals surface area contributed by atoms with Gasteiger partial charge in [-0.05, 0) is 24.3 Å². The van der Waals surface area contributed by atoms with E-state index in [9.17, 15) is 9.59 Å². The Bertz CT molecular complexity index is 1270. The lowest BCUT2D eigenvalue weighted by Crippen LogP contribution is -2.05. The van der Waals surface area contributed by atoms with Gasteiger partial charge >= 0.3 is 5.97 Å². The fourth-order valence-electron chi connectivity index (χ4n) is 3.13. The van der Waals surface area contributed by atoms with Gasteiger partial charge in [0.1, 0.15) is 11.2 Å². The summed E-state index contributed by atoms with van der Waals surface area (Å²) in [5.41, 5.74) is 3.73. The van der Waals surface area contributed by atoms with E-state index < -0.39 is 5.97 Å². The van der Waals surface area contributed by atoms with E-state index in [-0.39, 0.29) is 5.91 Å². The molecule has 0 bridgehead atoms. The standard InChI is InChI=1S/C24H19N3O3/c1-16(28)27-15-20(23(26-27)18-7-4-3-5-8-18)12-14-21-13-11-19-9-6-10-22(24(19)25-21)30-17(2)29/h3-15H,1-2H3/b14-12+. The molecule has 6 heteroatoms. The van der Waals surface area contributed by atoms with Gasteiger partial charge in [-0.1, -0.05) is 48.5 Å². The summed E-state index contributed by atoms with van der Waals surface area (Å²) in [5.74, 6) is -0.138. The van der Waals surface area contributed by atoms with E-state index in [0.717, 1.165) is 16.5 Å². The van der Waals surface area contributed by atoms with Crippen LogP contribution in [0.15, 0.2) is 66.9 Å². The second-order valence-corrected chi connectivity index (χ2v) is 6.75. The number of aromatic nitrogens is 3. The van der Waals surface area contributed by atoms with Crippen molar-refractivity contribution in [1.29, 1.82) is 0 Å². The van der Waals surface area contributed by atoms with E-state index >= 15 is 0 Å². The van der Waals surface area contributed by atoms with Crippen molar-refractivity contribution in [2.75, 3.05) is 0 Å². The number of benzene rings is 2. The van der Waals surface area contributed by atoms with Crippen LogP contribution in [0, 0.1) is 0 Å². The Balaban J connectivity index is 1.74. The lowest BCUT2D eigenvalue weighted by Gasteiger charge is -2.06. The molecule has 0 aliphatic rings. The lowest BCUT2D eigenvalue weighted by atomic mass is 10.1. The van der Waals surface area contributed by atoms with Crippen LogP contribution in [0.2, 0.25) is 0 Å². The maximum Gasteiger partial charge on any atom is 0.308 e. The molecule has 0 aliphatic carbocycles. The van der Waals surface area contributed by atoms with Crippen LogP contribution in [0.5, 0.6) is 5.75 Å². The molecule has 2 heterocycles. The molecule has 0 radical (unpaired) electrons. The monoisotopic (exact) mass is 397 g/mol. The van der Waals surface area contributed by atoms with Crippen molar-refractivity contribution in [3.8, 4) is 17.0 Å². The number of carbonyl (C=O) groups is 2. The Morgan fingerprint density at radius 3 is 2.47 bits per heavy atom. The van der Waals surface area contributed by atoms with Crippen molar-refractivity contribution in [2.45, 2.75) is 13.8 Å². The summed E-state index contributed by atoms with van der Waals surface area (Å²) < 4.78 is 6.60. The highest BCUT2D eigenvalue weighted by molar-refractivity contribution is 5.88. The largest absolute Gasteiger partial charge is 0.424 e. The second kappa shape index (κ2) is 8.13. The van der Waals surface area contributed by atoms with Gasteiger partial charge in [-0.2, -0.15) is 5.10 Å². The van der Waals surface area contributed by atoms with Crippen LogP contribution >= 0.6 is 0 Å². The van der Waals surface area contributed by atoms with Crippen molar-refractivity contribution in [3.63, 3.8) is 0 Å². The SMILES string of the molecule is CC(=O)Oc1cccc2ccc(/C=C/c3cn(C(C)=O)nc3-c3ccccc3)nc12. The number of carbonyl (C=O) groups excluding carboxylic acids is 2. The molecule has 0 fully saturated rings. The maximum absolute atomic E-state index is 11.8. The summed E-state index contributed by atoms with van der Waals surface area (Å²) in [7, 11) is 0. The van der Waals surface area contributed by atoms with Crippen LogP contribution in [0.4, 0.5) is 0 Å². The van der Waals surface area contributed by atoms with Crippen LogP contribution in [-0.4, -0.2) is 26.6 Å². The fourth-order valence-corrected chi connectivity index (χ4v) is 3.13. The Kier molecular flexibility index (Phi) is 5.22. The summed E-state index contributed by atoms with van der Waals surface area (Å²) in [6.45, 7) is 2.83. The Labute approximate surface area is 173 Å². The molecule has 0 amide bonds. The van der Waals surface area contributed by atoms with Crippen LogP contribution in [0.3, 0.4) is 0 Å². The molecule has 0 N–H and O–H groups in total. The number of pyridine rings is 1. The van der Waals surface area contributed by atoms with E-state index in [0.29, 0.717) is 22.7 Å². The van der Waals surface area contributed by atoms with Crippen molar-refractivity contribution in [3.05, 3.63) is 78.1 Å². The maximum atomic E-state index is 11.8. The third-order valence-corrected chi connectivity index (χ3v) is 4.50. The minimum absolute atomic E-state index is 0.165. The van der Waals surface area contributed by atoms with E-state index in [4.69, 9.17) is 4.74 Å². The van der Waals surface area contributed by atoms with Gasteiger partial charge < -0.3 is 4.74 Å². The first-order valence-corrected chi connectivity index (χ1v) is 9.43. The molecule has 4 rings (SSSR count). The minimum Gasteiger partial charge on any atom is -0.424 e. The second-order valence-electron chi connectivity index (χ2n) is 6.75. The number of ether oxygens (including phenoxy) is 1. The Hall–Kier alpha value is -4.06. The van der Waals surface area contributed by atoms with Crippen LogP contribution < -0.4 is 4.74 Å². The fraction of sp³-hybridized carbons (Fsp3) is 0.0833. The molecule has 4 aromatic rings. The van der Waals surface area contributed by atoms with Crippen molar-refractivity contribution >= 4 is 34.9 Å². The molecular weight excluding hydrogens is 378 g/mol. The van der Waals surface area contributed by atoms with Gasteiger partial charge in [0.05, 0.1) is 5.69 Å². The van der Waals surface area contributed by atoms with Crippen molar-refractivity contribution < 1.29 is 14.3 Å². The zero-order valence-electron chi connectivity index (χ0n) is 16.6. The van der Waals surface area contributed by atoms with Gasteiger partial charge in [-0.3, -0.25) is 9.59 Å². The molecular formula is C24H19N3O3. The van der Waals surface area contributed by atoms with E-state index in [1.54, 1.807) is 12.3 Å². The molecule has 2 aromatic carbocycles. The molecule has 148 valence electrons. The van der Waals surface area contributed by atoms with Crippen LogP contribution in [0.1, 0.15) is 29.9 Å². The average molecular weight is 397 g/mol. The first-order chi connectivity index (χ1) is 14.5. The third kappa shape index (κ3) is 4.03. The van der Waals surface area contributed by atoms with E-state index in [1.165, 1.54) is 18.5 Å². The summed E-state index contributed by atoms with van der Waals surface area (Å²) >= 11 is 0. The van der Waals surface area contributed by atoms with Gasteiger partial charge in [0.15, 0.2) is 5.75 Å². The first kappa shape index (κ1) is 19.3. The molecule has 0 spiro atoms. The quantitative estimate of drug-likeness (QED) is 0.363. The number of para-hydroxylation sites is 1. The number of nitrogens with zero attached hydrogens (tertiary/aromatic N) is 3. The average Bonchev–Trinajstić information content (AvgIpc) is 3.17. The zero-order chi connectivity index (χ0) is 21.1. The Morgan fingerprint density at radius 2 is 1.73 bits per heavy atom. The molecule has 0 aliphatic heterocycles. The number of esters is 1. The summed E-state index contributed by atoms with van der Waals surface area (Å²) in [6.07, 6.45) is 5.42. The topological polar surface area (TPSA) is 74.1 Å². The zero-order valence-corrected chi connectivity index (χ0v) is 16.6. The predicted octanol–water partition coefficient (Wildman–Crippen LogP) is 4.85. The highest BCUT2D eigenvalue weighted by Crippen LogP contribution is 2.26. The Morgan fingerprint density at radius 1 is 0.933 bits per heavy atom. The number of hydrogen-bond donors (Lipinski definition) is 0. The minimum atomic E-state index is -0.394. The summed E-state index contributed by atoms with van der Waals surface area (Å²) in [6, 6.07) is 18.9. The third-order valence-electron chi connectivity index (χ3n) is 4.50. The van der Waals surface area contributed by atoms with E-state index in [2.05, 4.69) is 10.1 Å².